The molecule has 1 amide bonds. The fourth-order valence-electron chi connectivity index (χ4n) is 2.80. The van der Waals surface area contributed by atoms with Gasteiger partial charge in [-0.1, -0.05) is 19.1 Å². The van der Waals surface area contributed by atoms with Crippen molar-refractivity contribution in [1.29, 1.82) is 0 Å². The van der Waals surface area contributed by atoms with Gasteiger partial charge in [-0.05, 0) is 56.1 Å². The van der Waals surface area contributed by atoms with Gasteiger partial charge in [-0.25, -0.2) is 13.1 Å². The van der Waals surface area contributed by atoms with Crippen molar-refractivity contribution in [1.82, 2.24) is 14.9 Å². The first kappa shape index (κ1) is 21.9. The molecule has 0 aliphatic heterocycles. The van der Waals surface area contributed by atoms with Gasteiger partial charge < -0.3 is 15.0 Å². The third-order valence-corrected chi connectivity index (χ3v) is 5.88. The molecule has 0 saturated heterocycles. The van der Waals surface area contributed by atoms with Gasteiger partial charge in [0.2, 0.25) is 10.0 Å². The Morgan fingerprint density at radius 1 is 1.14 bits per heavy atom. The van der Waals surface area contributed by atoms with Crippen LogP contribution in [0.3, 0.4) is 0 Å². The molecular weight excluding hydrogens is 378 g/mol. The van der Waals surface area contributed by atoms with Crippen molar-refractivity contribution in [3.05, 3.63) is 59.7 Å². The molecule has 1 atom stereocenters. The highest BCUT2D eigenvalue weighted by Crippen LogP contribution is 2.22. The van der Waals surface area contributed by atoms with Gasteiger partial charge in [0.05, 0.1) is 18.0 Å². The van der Waals surface area contributed by atoms with Crippen LogP contribution in [0.2, 0.25) is 0 Å². The molecule has 28 heavy (non-hydrogen) atoms. The fourth-order valence-corrected chi connectivity index (χ4v) is 3.84. The summed E-state index contributed by atoms with van der Waals surface area (Å²) < 4.78 is 31.7. The average Bonchev–Trinajstić information content (AvgIpc) is 2.68. The third kappa shape index (κ3) is 5.54. The number of nitrogens with zero attached hydrogens (tertiary/aromatic N) is 1. The molecule has 2 aromatic rings. The number of amides is 1. The Bertz CT molecular complexity index is 896. The summed E-state index contributed by atoms with van der Waals surface area (Å²) in [6.07, 6.45) is 0. The maximum atomic E-state index is 12.5. The van der Waals surface area contributed by atoms with Gasteiger partial charge in [-0.2, -0.15) is 0 Å². The van der Waals surface area contributed by atoms with Crippen LogP contribution < -0.4 is 14.8 Å². The number of benzene rings is 2. The largest absolute Gasteiger partial charge is 0.497 e. The van der Waals surface area contributed by atoms with E-state index in [9.17, 15) is 13.2 Å². The second-order valence-electron chi connectivity index (χ2n) is 6.49. The van der Waals surface area contributed by atoms with Crippen molar-refractivity contribution >= 4 is 15.9 Å². The standard InChI is InChI=1S/C20H27N3O4S/c1-5-22-28(25,26)18-11-9-15(10-12-18)20(24)21-14-19(23(2)3)16-7-6-8-17(13-16)27-4/h6-13,19,22H,5,14H2,1-4H3,(H,21,24). The number of hydrogen-bond donors (Lipinski definition) is 2. The first-order chi connectivity index (χ1) is 13.3. The van der Waals surface area contributed by atoms with Crippen LogP contribution in [0.25, 0.3) is 0 Å². The SMILES string of the molecule is CCNS(=O)(=O)c1ccc(C(=O)NCC(c2cccc(OC)c2)N(C)C)cc1. The van der Waals surface area contributed by atoms with Crippen molar-refractivity contribution < 1.29 is 17.9 Å². The second kappa shape index (κ2) is 9.68. The molecule has 0 aliphatic carbocycles. The molecule has 1 unspecified atom stereocenters. The number of rotatable bonds is 9. The van der Waals surface area contributed by atoms with Gasteiger partial charge in [0, 0.05) is 18.7 Å². The molecule has 0 aromatic heterocycles. The van der Waals surface area contributed by atoms with Crippen molar-refractivity contribution in [2.45, 2.75) is 17.9 Å². The van der Waals surface area contributed by atoms with Crippen molar-refractivity contribution in [2.75, 3.05) is 34.3 Å². The summed E-state index contributed by atoms with van der Waals surface area (Å²) in [5.41, 5.74) is 1.43. The van der Waals surface area contributed by atoms with Gasteiger partial charge in [0.1, 0.15) is 5.75 Å². The van der Waals surface area contributed by atoms with Crippen molar-refractivity contribution in [2.24, 2.45) is 0 Å². The van der Waals surface area contributed by atoms with E-state index in [4.69, 9.17) is 4.74 Å². The predicted molar refractivity (Wildman–Crippen MR) is 109 cm³/mol. The van der Waals surface area contributed by atoms with Crippen LogP contribution >= 0.6 is 0 Å². The summed E-state index contributed by atoms with van der Waals surface area (Å²) in [6.45, 7) is 2.42. The molecule has 8 heteroatoms. The zero-order valence-electron chi connectivity index (χ0n) is 16.6. The van der Waals surface area contributed by atoms with Crippen LogP contribution in [0.15, 0.2) is 53.4 Å². The van der Waals surface area contributed by atoms with E-state index in [-0.39, 0.29) is 16.8 Å². The summed E-state index contributed by atoms with van der Waals surface area (Å²) in [5, 5.41) is 2.91. The second-order valence-corrected chi connectivity index (χ2v) is 8.26. The average molecular weight is 406 g/mol. The highest BCUT2D eigenvalue weighted by atomic mass is 32.2. The number of likely N-dealkylation sites (N-methyl/N-ethyl adjacent to an activating group) is 1. The maximum Gasteiger partial charge on any atom is 0.251 e. The Labute approximate surface area is 166 Å². The van der Waals surface area contributed by atoms with Gasteiger partial charge in [0.25, 0.3) is 5.91 Å². The molecule has 0 spiro atoms. The number of carbonyl (C=O) groups is 1. The molecule has 0 bridgehead atoms. The molecule has 0 radical (unpaired) electrons. The molecule has 2 N–H and O–H groups in total. The van der Waals surface area contributed by atoms with E-state index in [0.29, 0.717) is 18.7 Å². The van der Waals surface area contributed by atoms with Crippen LogP contribution in [-0.4, -0.2) is 53.5 Å². The van der Waals surface area contributed by atoms with Crippen LogP contribution in [0.4, 0.5) is 0 Å². The van der Waals surface area contributed by atoms with Crippen molar-refractivity contribution in [3.8, 4) is 5.75 Å². The number of sulfonamides is 1. The third-order valence-electron chi connectivity index (χ3n) is 4.32. The predicted octanol–water partition coefficient (Wildman–Crippen LogP) is 2.03. The molecule has 0 fully saturated rings. The summed E-state index contributed by atoms with van der Waals surface area (Å²) >= 11 is 0. The lowest BCUT2D eigenvalue weighted by Gasteiger charge is -2.25. The Kier molecular flexibility index (Phi) is 7.56. The Hall–Kier alpha value is -2.42. The molecule has 0 saturated carbocycles. The van der Waals surface area contributed by atoms with Crippen LogP contribution in [0.1, 0.15) is 28.9 Å². The van der Waals surface area contributed by atoms with Crippen molar-refractivity contribution in [3.63, 3.8) is 0 Å². The fraction of sp³-hybridized carbons (Fsp3) is 0.350. The minimum Gasteiger partial charge on any atom is -0.497 e. The van der Waals surface area contributed by atoms with E-state index < -0.39 is 10.0 Å². The van der Waals surface area contributed by atoms with E-state index in [1.54, 1.807) is 14.0 Å². The Balaban J connectivity index is 2.08. The maximum absolute atomic E-state index is 12.5. The lowest BCUT2D eigenvalue weighted by molar-refractivity contribution is 0.0942. The molecule has 0 heterocycles. The minimum atomic E-state index is -3.53. The number of nitrogens with one attached hydrogen (secondary N) is 2. The summed E-state index contributed by atoms with van der Waals surface area (Å²) in [7, 11) is 1.97. The molecule has 7 nitrogen and oxygen atoms in total. The van der Waals surface area contributed by atoms with Crippen LogP contribution in [0.5, 0.6) is 5.75 Å². The first-order valence-corrected chi connectivity index (χ1v) is 10.4. The molecule has 152 valence electrons. The molecular formula is C20H27N3O4S. The highest BCUT2D eigenvalue weighted by molar-refractivity contribution is 7.89. The van der Waals surface area contributed by atoms with Gasteiger partial charge in [-0.15, -0.1) is 0 Å². The summed E-state index contributed by atoms with van der Waals surface area (Å²) in [4.78, 5) is 14.6. The molecule has 2 rings (SSSR count). The monoisotopic (exact) mass is 405 g/mol. The Morgan fingerprint density at radius 3 is 2.39 bits per heavy atom. The first-order valence-electron chi connectivity index (χ1n) is 8.96. The summed E-state index contributed by atoms with van der Waals surface area (Å²) in [5.74, 6) is 0.496. The highest BCUT2D eigenvalue weighted by Gasteiger charge is 2.17. The topological polar surface area (TPSA) is 87.7 Å². The van der Waals surface area contributed by atoms with Gasteiger partial charge in [0.15, 0.2) is 0 Å². The van der Waals surface area contributed by atoms with E-state index in [2.05, 4.69) is 10.0 Å². The van der Waals surface area contributed by atoms with Gasteiger partial charge >= 0.3 is 0 Å². The number of carbonyl (C=O) groups excluding carboxylic acids is 1. The quantitative estimate of drug-likeness (QED) is 0.667. The Morgan fingerprint density at radius 2 is 1.82 bits per heavy atom. The number of ether oxygens (including phenoxy) is 1. The molecule has 0 aliphatic rings. The molecule has 2 aromatic carbocycles. The van der Waals surface area contributed by atoms with E-state index >= 15 is 0 Å². The number of methoxy groups -OCH3 is 1. The lowest BCUT2D eigenvalue weighted by atomic mass is 10.1. The summed E-state index contributed by atoms with van der Waals surface area (Å²) in [6, 6.07) is 13.6. The van der Waals surface area contributed by atoms with E-state index in [1.807, 2.05) is 43.3 Å². The van der Waals surface area contributed by atoms with Crippen LogP contribution in [0, 0.1) is 0 Å². The number of hydrogen-bond acceptors (Lipinski definition) is 5. The normalized spacial score (nSPS) is 12.6. The van der Waals surface area contributed by atoms with E-state index in [0.717, 1.165) is 11.3 Å². The minimum absolute atomic E-state index is 0.0348. The van der Waals surface area contributed by atoms with Crippen LogP contribution in [-0.2, 0) is 10.0 Å². The zero-order valence-corrected chi connectivity index (χ0v) is 17.4. The lowest BCUT2D eigenvalue weighted by Crippen LogP contribution is -2.34. The zero-order chi connectivity index (χ0) is 20.7. The van der Waals surface area contributed by atoms with E-state index in [1.165, 1.54) is 24.3 Å². The van der Waals surface area contributed by atoms with Gasteiger partial charge in [-0.3, -0.25) is 4.79 Å². The smallest absolute Gasteiger partial charge is 0.251 e.